The van der Waals surface area contributed by atoms with Crippen LogP contribution in [0.2, 0.25) is 0 Å². The third kappa shape index (κ3) is 2.95. The zero-order valence-electron chi connectivity index (χ0n) is 12.9. The van der Waals surface area contributed by atoms with Gasteiger partial charge in [0.15, 0.2) is 10.5 Å². The number of benzene rings is 1. The second kappa shape index (κ2) is 6.44. The molecule has 3 aromatic rings. The molecule has 2 heterocycles. The molecule has 0 saturated carbocycles. The lowest BCUT2D eigenvalue weighted by molar-refractivity contribution is 0.0528. The first-order valence-corrected chi connectivity index (χ1v) is 8.34. The van der Waals surface area contributed by atoms with E-state index < -0.39 is 17.3 Å². The van der Waals surface area contributed by atoms with Gasteiger partial charge in [-0.1, -0.05) is 17.7 Å². The molecular formula is C17H16N2O3S. The van der Waals surface area contributed by atoms with Gasteiger partial charge in [-0.3, -0.25) is 0 Å². The summed E-state index contributed by atoms with van der Waals surface area (Å²) in [6.45, 7) is 4.04. The van der Waals surface area contributed by atoms with Crippen LogP contribution in [0.25, 0.3) is 11.0 Å². The fourth-order valence-electron chi connectivity index (χ4n) is 2.30. The molecule has 0 spiro atoms. The summed E-state index contributed by atoms with van der Waals surface area (Å²) in [5, 5.41) is 0.631. The molecule has 23 heavy (non-hydrogen) atoms. The summed E-state index contributed by atoms with van der Waals surface area (Å²) in [4.78, 5) is 17.0. The van der Waals surface area contributed by atoms with Crippen LogP contribution in [0.3, 0.4) is 0 Å². The second-order valence-electron chi connectivity index (χ2n) is 5.02. The number of rotatable bonds is 4. The molecule has 5 nitrogen and oxygen atoms in total. The van der Waals surface area contributed by atoms with Crippen LogP contribution in [0.4, 0.5) is 0 Å². The summed E-state index contributed by atoms with van der Waals surface area (Å²) >= 11 is -1.42. The normalized spacial score (nSPS) is 12.3. The van der Waals surface area contributed by atoms with Crippen molar-refractivity contribution in [1.82, 2.24) is 8.96 Å². The molecule has 0 aliphatic carbocycles. The van der Waals surface area contributed by atoms with Crippen molar-refractivity contribution in [2.45, 2.75) is 18.7 Å². The minimum atomic E-state index is -1.42. The third-order valence-corrected chi connectivity index (χ3v) is 4.78. The van der Waals surface area contributed by atoms with Crippen LogP contribution in [0.1, 0.15) is 22.8 Å². The molecule has 118 valence electrons. The van der Waals surface area contributed by atoms with Gasteiger partial charge >= 0.3 is 5.97 Å². The molecule has 2 aromatic heterocycles. The number of carbonyl (C=O) groups excluding carboxylic acids is 1. The lowest BCUT2D eigenvalue weighted by atomic mass is 10.2. The predicted molar refractivity (Wildman–Crippen MR) is 88.7 cm³/mol. The minimum Gasteiger partial charge on any atom is -0.587 e. The van der Waals surface area contributed by atoms with Crippen molar-refractivity contribution < 1.29 is 14.1 Å². The molecular weight excluding hydrogens is 312 g/mol. The number of aromatic nitrogens is 2. The molecule has 0 aliphatic heterocycles. The van der Waals surface area contributed by atoms with E-state index in [0.29, 0.717) is 28.1 Å². The molecule has 1 unspecified atom stereocenters. The van der Waals surface area contributed by atoms with Crippen molar-refractivity contribution in [3.8, 4) is 0 Å². The van der Waals surface area contributed by atoms with Crippen LogP contribution in [0.5, 0.6) is 0 Å². The van der Waals surface area contributed by atoms with Crippen LogP contribution in [-0.4, -0.2) is 26.1 Å². The van der Waals surface area contributed by atoms with Crippen LogP contribution in [0, 0.1) is 6.92 Å². The van der Waals surface area contributed by atoms with E-state index in [4.69, 9.17) is 4.74 Å². The number of carbonyl (C=O) groups is 1. The van der Waals surface area contributed by atoms with Crippen molar-refractivity contribution in [2.24, 2.45) is 0 Å². The standard InChI is InChI=1S/C17H16N2O3S/c1-3-22-17(20)15-8-10-18-16-14(15)9-11-19(16)23(21)13-6-4-12(2)5-7-13/h4-11H,3H2,1-2H3. The number of esters is 1. The molecule has 1 aromatic carbocycles. The first-order valence-electron chi connectivity index (χ1n) is 7.24. The van der Waals surface area contributed by atoms with E-state index in [9.17, 15) is 9.35 Å². The van der Waals surface area contributed by atoms with Crippen molar-refractivity contribution >= 4 is 28.4 Å². The highest BCUT2D eigenvalue weighted by Gasteiger charge is 2.21. The SMILES string of the molecule is CCOC(=O)c1ccnc2c1ccn2[S+]([O-])c1ccc(C)cc1. The highest BCUT2D eigenvalue weighted by atomic mass is 32.2. The lowest BCUT2D eigenvalue weighted by Crippen LogP contribution is -2.13. The number of hydrogen-bond acceptors (Lipinski definition) is 4. The highest BCUT2D eigenvalue weighted by molar-refractivity contribution is 7.90. The zero-order valence-corrected chi connectivity index (χ0v) is 13.7. The molecule has 3 rings (SSSR count). The van der Waals surface area contributed by atoms with Gasteiger partial charge in [-0.05, 0) is 38.1 Å². The highest BCUT2D eigenvalue weighted by Crippen LogP contribution is 2.23. The summed E-state index contributed by atoms with van der Waals surface area (Å²) in [6.07, 6.45) is 3.20. The van der Waals surface area contributed by atoms with E-state index in [-0.39, 0.29) is 0 Å². The Hall–Kier alpha value is -2.31. The van der Waals surface area contributed by atoms with Gasteiger partial charge in [0.05, 0.1) is 18.4 Å². The van der Waals surface area contributed by atoms with Crippen molar-refractivity contribution in [1.29, 1.82) is 0 Å². The predicted octanol–water partition coefficient (Wildman–Crippen LogP) is 3.09. The molecule has 0 bridgehead atoms. The number of nitrogens with zero attached hydrogens (tertiary/aromatic N) is 2. The van der Waals surface area contributed by atoms with Gasteiger partial charge in [-0.15, -0.1) is 3.97 Å². The van der Waals surface area contributed by atoms with E-state index in [1.54, 1.807) is 29.2 Å². The second-order valence-corrected chi connectivity index (χ2v) is 6.38. The molecule has 0 N–H and O–H groups in total. The molecule has 0 saturated heterocycles. The Kier molecular flexibility index (Phi) is 4.36. The van der Waals surface area contributed by atoms with Crippen LogP contribution >= 0.6 is 0 Å². The Balaban J connectivity index is 2.04. The molecule has 0 fully saturated rings. The van der Waals surface area contributed by atoms with Crippen LogP contribution in [0.15, 0.2) is 53.7 Å². The van der Waals surface area contributed by atoms with Gasteiger partial charge in [0, 0.05) is 11.6 Å². The van der Waals surface area contributed by atoms with Crippen LogP contribution in [-0.2, 0) is 16.1 Å². The zero-order chi connectivity index (χ0) is 16.4. The number of hydrogen-bond donors (Lipinski definition) is 0. The number of aryl methyl sites for hydroxylation is 1. The summed E-state index contributed by atoms with van der Waals surface area (Å²) in [7, 11) is 0. The molecule has 0 radical (unpaired) electrons. The number of pyridine rings is 1. The Bertz CT molecular complexity index is 843. The van der Waals surface area contributed by atoms with Gasteiger partial charge in [0.1, 0.15) is 11.4 Å². The maximum atomic E-state index is 12.8. The Morgan fingerprint density at radius 1 is 1.26 bits per heavy atom. The van der Waals surface area contributed by atoms with Gasteiger partial charge in [0.2, 0.25) is 0 Å². The summed E-state index contributed by atoms with van der Waals surface area (Å²) < 4.78 is 19.4. The summed E-state index contributed by atoms with van der Waals surface area (Å²) in [6, 6.07) is 10.8. The number of fused-ring (bicyclic) bond motifs is 1. The summed E-state index contributed by atoms with van der Waals surface area (Å²) in [5.74, 6) is -0.404. The first-order chi connectivity index (χ1) is 11.1. The van der Waals surface area contributed by atoms with Gasteiger partial charge < -0.3 is 9.29 Å². The van der Waals surface area contributed by atoms with E-state index in [1.807, 2.05) is 31.2 Å². The van der Waals surface area contributed by atoms with Crippen molar-refractivity contribution in [3.63, 3.8) is 0 Å². The van der Waals surface area contributed by atoms with Gasteiger partial charge in [0.25, 0.3) is 0 Å². The maximum Gasteiger partial charge on any atom is 0.338 e. The van der Waals surface area contributed by atoms with Gasteiger partial charge in [-0.25, -0.2) is 9.78 Å². The van der Waals surface area contributed by atoms with Crippen molar-refractivity contribution in [2.75, 3.05) is 6.61 Å². The minimum absolute atomic E-state index is 0.304. The largest absolute Gasteiger partial charge is 0.587 e. The Morgan fingerprint density at radius 2 is 2.00 bits per heavy atom. The van der Waals surface area contributed by atoms with Crippen LogP contribution < -0.4 is 0 Å². The quantitative estimate of drug-likeness (QED) is 0.545. The molecule has 0 aliphatic rings. The average molecular weight is 328 g/mol. The van der Waals surface area contributed by atoms with E-state index in [0.717, 1.165) is 5.56 Å². The van der Waals surface area contributed by atoms with Gasteiger partial charge in [-0.2, -0.15) is 0 Å². The smallest absolute Gasteiger partial charge is 0.338 e. The van der Waals surface area contributed by atoms with E-state index >= 15 is 0 Å². The Morgan fingerprint density at radius 3 is 2.70 bits per heavy atom. The average Bonchev–Trinajstić information content (AvgIpc) is 2.99. The third-order valence-electron chi connectivity index (χ3n) is 3.45. The molecule has 6 heteroatoms. The Labute approximate surface area is 137 Å². The lowest BCUT2D eigenvalue weighted by Gasteiger charge is -2.11. The fourth-order valence-corrected chi connectivity index (χ4v) is 3.37. The fraction of sp³-hybridized carbons (Fsp3) is 0.176. The van der Waals surface area contributed by atoms with Crippen molar-refractivity contribution in [3.05, 3.63) is 59.9 Å². The molecule has 0 amide bonds. The monoisotopic (exact) mass is 328 g/mol. The number of ether oxygens (including phenoxy) is 1. The molecule has 1 atom stereocenters. The van der Waals surface area contributed by atoms with E-state index in [1.165, 1.54) is 6.20 Å². The maximum absolute atomic E-state index is 12.8. The summed E-state index contributed by atoms with van der Waals surface area (Å²) in [5.41, 5.74) is 2.02. The van der Waals surface area contributed by atoms with E-state index in [2.05, 4.69) is 4.98 Å². The first kappa shape index (κ1) is 15.6. The topological polar surface area (TPSA) is 67.2 Å².